The van der Waals surface area contributed by atoms with Crippen LogP contribution in [0.15, 0.2) is 59.5 Å². The van der Waals surface area contributed by atoms with Crippen LogP contribution >= 0.6 is 28.5 Å². The third-order valence-electron chi connectivity index (χ3n) is 3.19. The Balaban J connectivity index is 2.02. The van der Waals surface area contributed by atoms with Crippen LogP contribution in [0.25, 0.3) is 0 Å². The normalized spacial score (nSPS) is 13.9. The van der Waals surface area contributed by atoms with Crippen LogP contribution < -0.4 is 4.18 Å². The van der Waals surface area contributed by atoms with Crippen molar-refractivity contribution in [3.63, 3.8) is 0 Å². The van der Waals surface area contributed by atoms with Crippen molar-refractivity contribution in [1.29, 1.82) is 0 Å². The zero-order chi connectivity index (χ0) is 19.8. The van der Waals surface area contributed by atoms with Gasteiger partial charge in [0.05, 0.1) is 6.61 Å². The Labute approximate surface area is 169 Å². The van der Waals surface area contributed by atoms with E-state index >= 15 is 0 Å². The Morgan fingerprint density at radius 3 is 2.26 bits per heavy atom. The van der Waals surface area contributed by atoms with E-state index in [-0.39, 0.29) is 11.5 Å². The van der Waals surface area contributed by atoms with E-state index < -0.39 is 15.9 Å². The summed E-state index contributed by atoms with van der Waals surface area (Å²) in [5.41, 5.74) is 0.662. The molecule has 0 aliphatic rings. The summed E-state index contributed by atoms with van der Waals surface area (Å²) >= 11 is 2.50. The average molecular weight is 447 g/mol. The van der Waals surface area contributed by atoms with Gasteiger partial charge in [-0.3, -0.25) is 4.57 Å². The Morgan fingerprint density at radius 1 is 1.00 bits per heavy atom. The van der Waals surface area contributed by atoms with Crippen molar-refractivity contribution in [1.82, 2.24) is 0 Å². The van der Waals surface area contributed by atoms with Gasteiger partial charge in [0.1, 0.15) is 11.5 Å². The molecule has 1 atom stereocenters. The second kappa shape index (κ2) is 10.6. The SMILES string of the molecule is CCCSP(=O)(OCC)Sc1ccc(OS(=O)(=O)Cc2ccccc2)cc1. The van der Waals surface area contributed by atoms with Gasteiger partial charge in [-0.2, -0.15) is 8.42 Å². The first kappa shape index (κ1) is 22.4. The second-order valence-electron chi connectivity index (χ2n) is 5.53. The summed E-state index contributed by atoms with van der Waals surface area (Å²) in [4.78, 5) is 0.739. The molecular formula is C18H23O5PS3. The summed E-state index contributed by atoms with van der Waals surface area (Å²) in [6, 6.07) is 15.4. The molecule has 0 aliphatic heterocycles. The summed E-state index contributed by atoms with van der Waals surface area (Å²) in [7, 11) is -3.75. The summed E-state index contributed by atoms with van der Waals surface area (Å²) in [5, 5.41) is 0. The average Bonchev–Trinajstić information content (AvgIpc) is 2.62. The lowest BCUT2D eigenvalue weighted by molar-refractivity contribution is 0.357. The smallest absolute Gasteiger partial charge is 0.317 e. The van der Waals surface area contributed by atoms with Crippen molar-refractivity contribution in [3.05, 3.63) is 60.2 Å². The van der Waals surface area contributed by atoms with E-state index in [1.54, 1.807) is 48.5 Å². The molecule has 0 amide bonds. The number of rotatable bonds is 11. The molecule has 0 bridgehead atoms. The first-order valence-electron chi connectivity index (χ1n) is 8.50. The standard InChI is InChI=1S/C18H23O5PS3/c1-3-14-25-24(19,22-4-2)26-18-12-10-17(11-13-18)23-27(20,21)15-16-8-6-5-7-9-16/h5-13H,3-4,14-15H2,1-2H3. The highest BCUT2D eigenvalue weighted by Crippen LogP contribution is 2.72. The number of hydrogen-bond donors (Lipinski definition) is 0. The maximum Gasteiger partial charge on any atom is 0.317 e. The van der Waals surface area contributed by atoms with Gasteiger partial charge in [-0.25, -0.2) is 0 Å². The van der Waals surface area contributed by atoms with Gasteiger partial charge in [0.25, 0.3) is 0 Å². The molecule has 0 saturated heterocycles. The van der Waals surface area contributed by atoms with Gasteiger partial charge < -0.3 is 8.71 Å². The van der Waals surface area contributed by atoms with Crippen LogP contribution in [0.2, 0.25) is 0 Å². The van der Waals surface area contributed by atoms with Crippen molar-refractivity contribution < 1.29 is 21.7 Å². The Morgan fingerprint density at radius 2 is 1.67 bits per heavy atom. The van der Waals surface area contributed by atoms with Gasteiger partial charge in [-0.15, -0.1) is 0 Å². The fourth-order valence-electron chi connectivity index (χ4n) is 2.09. The van der Waals surface area contributed by atoms with E-state index in [1.807, 2.05) is 19.9 Å². The molecule has 0 fully saturated rings. The summed E-state index contributed by atoms with van der Waals surface area (Å²) in [6.07, 6.45) is 0.911. The zero-order valence-electron chi connectivity index (χ0n) is 15.2. The Hall–Kier alpha value is -0.920. The molecule has 2 aromatic carbocycles. The quantitative estimate of drug-likeness (QED) is 0.311. The highest BCUT2D eigenvalue weighted by Gasteiger charge is 2.25. The zero-order valence-corrected chi connectivity index (χ0v) is 18.6. The number of hydrogen-bond acceptors (Lipinski definition) is 7. The molecule has 2 aromatic rings. The predicted octanol–water partition coefficient (Wildman–Crippen LogP) is 5.98. The molecule has 0 radical (unpaired) electrons. The largest absolute Gasteiger partial charge is 0.382 e. The van der Waals surface area contributed by atoms with Gasteiger partial charge in [-0.05, 0) is 54.6 Å². The monoisotopic (exact) mass is 446 g/mol. The van der Waals surface area contributed by atoms with Gasteiger partial charge in [0.2, 0.25) is 0 Å². The Kier molecular flexibility index (Phi) is 8.76. The fourth-order valence-corrected chi connectivity index (χ4v) is 10.0. The highest BCUT2D eigenvalue weighted by atomic mass is 33.1. The second-order valence-corrected chi connectivity index (χ2v) is 14.5. The summed E-state index contributed by atoms with van der Waals surface area (Å²) < 4.78 is 47.8. The first-order chi connectivity index (χ1) is 12.9. The van der Waals surface area contributed by atoms with E-state index in [2.05, 4.69) is 0 Å². The molecule has 0 spiro atoms. The van der Waals surface area contributed by atoms with Crippen LogP contribution in [0.1, 0.15) is 25.8 Å². The fraction of sp³-hybridized carbons (Fsp3) is 0.333. The molecule has 148 valence electrons. The van der Waals surface area contributed by atoms with Crippen molar-refractivity contribution in [3.8, 4) is 5.75 Å². The van der Waals surface area contributed by atoms with Crippen molar-refractivity contribution >= 4 is 38.7 Å². The van der Waals surface area contributed by atoms with Gasteiger partial charge in [0.15, 0.2) is 0 Å². The summed E-state index contributed by atoms with van der Waals surface area (Å²) in [6.45, 7) is 4.21. The van der Waals surface area contributed by atoms with Gasteiger partial charge >= 0.3 is 15.9 Å². The third kappa shape index (κ3) is 7.92. The molecule has 27 heavy (non-hydrogen) atoms. The van der Waals surface area contributed by atoms with Crippen molar-refractivity contribution in [2.24, 2.45) is 0 Å². The molecule has 1 unspecified atom stereocenters. The minimum absolute atomic E-state index is 0.197. The van der Waals surface area contributed by atoms with Crippen LogP contribution in [0, 0.1) is 0 Å². The minimum Gasteiger partial charge on any atom is -0.382 e. The first-order valence-corrected chi connectivity index (χ1v) is 14.7. The molecule has 5 nitrogen and oxygen atoms in total. The molecule has 9 heteroatoms. The lowest BCUT2D eigenvalue weighted by Gasteiger charge is -2.16. The van der Waals surface area contributed by atoms with Crippen LogP contribution in [-0.4, -0.2) is 20.8 Å². The van der Waals surface area contributed by atoms with Crippen molar-refractivity contribution in [2.45, 2.75) is 30.9 Å². The van der Waals surface area contributed by atoms with E-state index in [4.69, 9.17) is 8.71 Å². The van der Waals surface area contributed by atoms with E-state index in [1.165, 1.54) is 22.8 Å². The van der Waals surface area contributed by atoms with E-state index in [0.29, 0.717) is 12.2 Å². The summed E-state index contributed by atoms with van der Waals surface area (Å²) in [5.74, 6) is -2.10. The molecule has 0 heterocycles. The molecular weight excluding hydrogens is 423 g/mol. The third-order valence-corrected chi connectivity index (χ3v) is 11.6. The Bertz CT molecular complexity index is 854. The van der Waals surface area contributed by atoms with Crippen LogP contribution in [-0.2, 0) is 25.0 Å². The lowest BCUT2D eigenvalue weighted by Crippen LogP contribution is -2.11. The van der Waals surface area contributed by atoms with Crippen molar-refractivity contribution in [2.75, 3.05) is 12.4 Å². The lowest BCUT2D eigenvalue weighted by atomic mass is 10.2. The maximum absolute atomic E-state index is 12.8. The molecule has 0 saturated carbocycles. The minimum atomic E-state index is -3.75. The highest BCUT2D eigenvalue weighted by molar-refractivity contribution is 8.89. The molecule has 0 aliphatic carbocycles. The number of benzene rings is 2. The molecule has 2 rings (SSSR count). The topological polar surface area (TPSA) is 69.7 Å². The van der Waals surface area contributed by atoms with Crippen LogP contribution in [0.5, 0.6) is 5.75 Å². The van der Waals surface area contributed by atoms with Crippen LogP contribution in [0.4, 0.5) is 0 Å². The molecule has 0 aromatic heterocycles. The van der Waals surface area contributed by atoms with Crippen LogP contribution in [0.3, 0.4) is 0 Å². The van der Waals surface area contributed by atoms with Gasteiger partial charge in [-0.1, -0.05) is 48.6 Å². The van der Waals surface area contributed by atoms with Gasteiger partial charge in [0, 0.05) is 10.6 Å². The predicted molar refractivity (Wildman–Crippen MR) is 114 cm³/mol. The maximum atomic E-state index is 12.8. The van der Waals surface area contributed by atoms with E-state index in [0.717, 1.165) is 17.1 Å². The van der Waals surface area contributed by atoms with E-state index in [9.17, 15) is 13.0 Å². The molecule has 0 N–H and O–H groups in total.